The summed E-state index contributed by atoms with van der Waals surface area (Å²) in [6, 6.07) is 3.12. The number of rotatable bonds is 5. The molecule has 0 aliphatic carbocycles. The number of benzene rings is 1. The van der Waals surface area contributed by atoms with Crippen LogP contribution in [-0.4, -0.2) is 10.9 Å². The first-order chi connectivity index (χ1) is 9.58. The van der Waals surface area contributed by atoms with E-state index in [1.54, 1.807) is 5.38 Å². The van der Waals surface area contributed by atoms with Gasteiger partial charge in [-0.1, -0.05) is 0 Å². The van der Waals surface area contributed by atoms with Crippen LogP contribution in [-0.2, 0) is 23.6 Å². The zero-order valence-corrected chi connectivity index (χ0v) is 11.9. The molecule has 106 valence electrons. The fourth-order valence-corrected chi connectivity index (χ4v) is 2.58. The van der Waals surface area contributed by atoms with Crippen LogP contribution >= 0.6 is 22.9 Å². The lowest BCUT2D eigenvalue weighted by molar-refractivity contribution is -0.120. The molecule has 1 N–H and O–H groups in total. The summed E-state index contributed by atoms with van der Waals surface area (Å²) < 4.78 is 26.3. The minimum Gasteiger partial charge on any atom is -0.352 e. The molecule has 1 amide bonds. The van der Waals surface area contributed by atoms with Crippen LogP contribution < -0.4 is 5.32 Å². The van der Waals surface area contributed by atoms with Gasteiger partial charge in [0.2, 0.25) is 5.91 Å². The summed E-state index contributed by atoms with van der Waals surface area (Å²) >= 11 is 6.96. The van der Waals surface area contributed by atoms with Crippen molar-refractivity contribution in [2.24, 2.45) is 0 Å². The predicted octanol–water partition coefficient (Wildman–Crippen LogP) is 3.02. The highest BCUT2D eigenvalue weighted by Gasteiger charge is 2.09. The quantitative estimate of drug-likeness (QED) is 0.862. The van der Waals surface area contributed by atoms with E-state index in [0.29, 0.717) is 10.9 Å². The van der Waals surface area contributed by atoms with Gasteiger partial charge >= 0.3 is 0 Å². The fraction of sp³-hybridized carbons (Fsp3) is 0.231. The van der Waals surface area contributed by atoms with E-state index in [4.69, 9.17) is 11.6 Å². The highest BCUT2D eigenvalue weighted by molar-refractivity contribution is 7.09. The largest absolute Gasteiger partial charge is 0.352 e. The Kier molecular flexibility index (Phi) is 5.03. The molecule has 20 heavy (non-hydrogen) atoms. The van der Waals surface area contributed by atoms with E-state index in [2.05, 4.69) is 10.3 Å². The summed E-state index contributed by atoms with van der Waals surface area (Å²) in [5, 5.41) is 4.95. The lowest BCUT2D eigenvalue weighted by Crippen LogP contribution is -2.25. The normalized spacial score (nSPS) is 10.6. The molecule has 0 saturated carbocycles. The molecule has 1 heterocycles. The van der Waals surface area contributed by atoms with Gasteiger partial charge in [-0.05, 0) is 18.2 Å². The molecule has 0 unspecified atom stereocenters. The van der Waals surface area contributed by atoms with E-state index in [0.717, 1.165) is 23.9 Å². The van der Waals surface area contributed by atoms with E-state index in [1.165, 1.54) is 11.3 Å². The summed E-state index contributed by atoms with van der Waals surface area (Å²) in [7, 11) is 0. The molecule has 0 spiro atoms. The van der Waals surface area contributed by atoms with Crippen molar-refractivity contribution in [3.8, 4) is 0 Å². The maximum Gasteiger partial charge on any atom is 0.227 e. The standard InChI is InChI=1S/C13H11ClF2N2OS/c14-5-10-7-20-13(18-10)4-12(19)17-6-8-3-9(15)1-2-11(8)16/h1-3,7H,4-6H2,(H,17,19). The number of aromatic nitrogens is 1. The van der Waals surface area contributed by atoms with Gasteiger partial charge < -0.3 is 5.32 Å². The van der Waals surface area contributed by atoms with Crippen molar-refractivity contribution in [3.63, 3.8) is 0 Å². The maximum atomic E-state index is 13.4. The number of alkyl halides is 1. The fourth-order valence-electron chi connectivity index (χ4n) is 1.56. The maximum absolute atomic E-state index is 13.4. The molecule has 0 radical (unpaired) electrons. The monoisotopic (exact) mass is 316 g/mol. The molecular weight excluding hydrogens is 306 g/mol. The van der Waals surface area contributed by atoms with E-state index in [1.807, 2.05) is 0 Å². The second kappa shape index (κ2) is 6.76. The number of amides is 1. The van der Waals surface area contributed by atoms with Gasteiger partial charge in [-0.3, -0.25) is 4.79 Å². The lowest BCUT2D eigenvalue weighted by Gasteiger charge is -2.05. The average Bonchev–Trinajstić information content (AvgIpc) is 2.87. The molecule has 1 aromatic carbocycles. The third kappa shape index (κ3) is 3.98. The van der Waals surface area contributed by atoms with Gasteiger partial charge in [0.15, 0.2) is 0 Å². The first-order valence-corrected chi connectivity index (χ1v) is 7.20. The van der Waals surface area contributed by atoms with Gasteiger partial charge in [0.05, 0.1) is 18.0 Å². The third-order valence-corrected chi connectivity index (χ3v) is 3.70. The third-order valence-electron chi connectivity index (χ3n) is 2.53. The van der Waals surface area contributed by atoms with Gasteiger partial charge in [-0.2, -0.15) is 0 Å². The molecule has 0 bridgehead atoms. The van der Waals surface area contributed by atoms with Crippen molar-refractivity contribution in [1.82, 2.24) is 10.3 Å². The minimum atomic E-state index is -0.551. The highest BCUT2D eigenvalue weighted by atomic mass is 35.5. The van der Waals surface area contributed by atoms with E-state index < -0.39 is 11.6 Å². The Bertz CT molecular complexity index is 618. The van der Waals surface area contributed by atoms with Crippen LogP contribution in [0.25, 0.3) is 0 Å². The van der Waals surface area contributed by atoms with Crippen LogP contribution in [0.15, 0.2) is 23.6 Å². The summed E-state index contributed by atoms with van der Waals surface area (Å²) in [5.41, 5.74) is 0.828. The number of thiazole rings is 1. The molecule has 2 aromatic rings. The van der Waals surface area contributed by atoms with Crippen molar-refractivity contribution in [2.45, 2.75) is 18.8 Å². The van der Waals surface area contributed by atoms with Crippen molar-refractivity contribution in [1.29, 1.82) is 0 Å². The number of halogens is 3. The Labute approximate surface area is 123 Å². The molecule has 0 saturated heterocycles. The molecule has 3 nitrogen and oxygen atoms in total. The van der Waals surface area contributed by atoms with E-state index >= 15 is 0 Å². The number of carbonyl (C=O) groups excluding carboxylic acids is 1. The molecule has 2 rings (SSSR count). The minimum absolute atomic E-state index is 0.0594. The van der Waals surface area contributed by atoms with Crippen LogP contribution in [0, 0.1) is 11.6 Å². The zero-order valence-electron chi connectivity index (χ0n) is 10.3. The molecule has 0 aliphatic rings. The van der Waals surface area contributed by atoms with Gasteiger partial charge in [-0.15, -0.1) is 22.9 Å². The molecule has 0 fully saturated rings. The van der Waals surface area contributed by atoms with E-state index in [9.17, 15) is 13.6 Å². The summed E-state index contributed by atoms with van der Waals surface area (Å²) in [6.45, 7) is -0.0594. The number of nitrogens with zero attached hydrogens (tertiary/aromatic N) is 1. The van der Waals surface area contributed by atoms with E-state index in [-0.39, 0.29) is 24.4 Å². The summed E-state index contributed by atoms with van der Waals surface area (Å²) in [5.74, 6) is -1.09. The zero-order chi connectivity index (χ0) is 14.5. The van der Waals surface area contributed by atoms with Crippen molar-refractivity contribution < 1.29 is 13.6 Å². The summed E-state index contributed by atoms with van der Waals surface area (Å²) in [4.78, 5) is 15.8. The second-order valence-corrected chi connectivity index (χ2v) is 5.27. The van der Waals surface area contributed by atoms with Crippen LogP contribution in [0.2, 0.25) is 0 Å². The average molecular weight is 317 g/mol. The Morgan fingerprint density at radius 3 is 2.90 bits per heavy atom. The van der Waals surface area contributed by atoms with Crippen LogP contribution in [0.5, 0.6) is 0 Å². The Balaban J connectivity index is 1.90. The van der Waals surface area contributed by atoms with Crippen molar-refractivity contribution in [2.75, 3.05) is 0 Å². The van der Waals surface area contributed by atoms with Gasteiger partial charge in [0.25, 0.3) is 0 Å². The Hall–Kier alpha value is -1.53. The van der Waals surface area contributed by atoms with Crippen LogP contribution in [0.3, 0.4) is 0 Å². The number of hydrogen-bond acceptors (Lipinski definition) is 3. The SMILES string of the molecule is O=C(Cc1nc(CCl)cs1)NCc1cc(F)ccc1F. The molecule has 0 atom stereocenters. The smallest absolute Gasteiger partial charge is 0.227 e. The molecular formula is C13H11ClF2N2OS. The predicted molar refractivity (Wildman–Crippen MR) is 73.6 cm³/mol. The Morgan fingerprint density at radius 1 is 1.40 bits per heavy atom. The first kappa shape index (κ1) is 14.9. The Morgan fingerprint density at radius 2 is 2.20 bits per heavy atom. The second-order valence-electron chi connectivity index (χ2n) is 4.06. The summed E-state index contributed by atoms with van der Waals surface area (Å²) in [6.07, 6.45) is 0.0957. The van der Waals surface area contributed by atoms with Crippen LogP contribution in [0.1, 0.15) is 16.3 Å². The number of nitrogens with one attached hydrogen (secondary N) is 1. The number of hydrogen-bond donors (Lipinski definition) is 1. The molecule has 1 aromatic heterocycles. The first-order valence-electron chi connectivity index (χ1n) is 5.78. The van der Waals surface area contributed by atoms with Gasteiger partial charge in [0, 0.05) is 17.5 Å². The van der Waals surface area contributed by atoms with Gasteiger partial charge in [0.1, 0.15) is 16.6 Å². The highest BCUT2D eigenvalue weighted by Crippen LogP contribution is 2.13. The van der Waals surface area contributed by atoms with Gasteiger partial charge in [-0.25, -0.2) is 13.8 Å². The number of carbonyl (C=O) groups is 1. The molecule has 7 heteroatoms. The van der Waals surface area contributed by atoms with Crippen molar-refractivity contribution in [3.05, 3.63) is 51.5 Å². The van der Waals surface area contributed by atoms with Crippen LogP contribution in [0.4, 0.5) is 8.78 Å². The molecule has 0 aliphatic heterocycles. The lowest BCUT2D eigenvalue weighted by atomic mass is 10.2. The van der Waals surface area contributed by atoms with Crippen molar-refractivity contribution >= 4 is 28.8 Å². The topological polar surface area (TPSA) is 42.0 Å².